The van der Waals surface area contributed by atoms with E-state index in [1.54, 1.807) is 6.92 Å². The Morgan fingerprint density at radius 3 is 2.76 bits per heavy atom. The molecule has 2 aromatic rings. The summed E-state index contributed by atoms with van der Waals surface area (Å²) in [7, 11) is 0. The molecule has 1 amide bonds. The highest BCUT2D eigenvalue weighted by Crippen LogP contribution is 2.14. The van der Waals surface area contributed by atoms with E-state index in [4.69, 9.17) is 4.42 Å². The lowest BCUT2D eigenvalue weighted by molar-refractivity contribution is 0.0641. The lowest BCUT2D eigenvalue weighted by Crippen LogP contribution is -2.49. The second-order valence-corrected chi connectivity index (χ2v) is 6.02. The van der Waals surface area contributed by atoms with Crippen LogP contribution in [0.5, 0.6) is 0 Å². The highest BCUT2D eigenvalue weighted by atomic mass is 32.1. The standard InChI is InChI=1S/C14H18N4O2S/c1-11-15-16-13(20-11)4-5-17-6-8-18(9-7-17)14(19)12-3-2-10-21-12/h2-3,10H,4-9H2,1H3. The fourth-order valence-electron chi connectivity index (χ4n) is 2.42. The smallest absolute Gasteiger partial charge is 0.264 e. The van der Waals surface area contributed by atoms with Crippen molar-refractivity contribution in [2.24, 2.45) is 0 Å². The van der Waals surface area contributed by atoms with Crippen LogP contribution < -0.4 is 0 Å². The van der Waals surface area contributed by atoms with Gasteiger partial charge in [-0.05, 0) is 11.4 Å². The topological polar surface area (TPSA) is 62.5 Å². The van der Waals surface area contributed by atoms with E-state index in [0.29, 0.717) is 11.8 Å². The van der Waals surface area contributed by atoms with Gasteiger partial charge in [0.2, 0.25) is 11.8 Å². The molecule has 3 rings (SSSR count). The molecular formula is C14H18N4O2S. The first-order valence-corrected chi connectivity index (χ1v) is 7.94. The molecule has 3 heterocycles. The number of carbonyl (C=O) groups excluding carboxylic acids is 1. The molecule has 1 aliphatic rings. The summed E-state index contributed by atoms with van der Waals surface area (Å²) in [6.45, 7) is 6.03. The molecule has 21 heavy (non-hydrogen) atoms. The van der Waals surface area contributed by atoms with Crippen LogP contribution in [0.25, 0.3) is 0 Å². The van der Waals surface area contributed by atoms with Gasteiger partial charge in [-0.25, -0.2) is 0 Å². The summed E-state index contributed by atoms with van der Waals surface area (Å²) < 4.78 is 5.37. The minimum absolute atomic E-state index is 0.150. The first-order valence-electron chi connectivity index (χ1n) is 7.06. The first-order chi connectivity index (χ1) is 10.2. The normalized spacial score (nSPS) is 16.3. The number of aryl methyl sites for hydroxylation is 1. The van der Waals surface area contributed by atoms with E-state index in [9.17, 15) is 4.79 Å². The Morgan fingerprint density at radius 2 is 2.14 bits per heavy atom. The first kappa shape index (κ1) is 14.2. The number of thiophene rings is 1. The summed E-state index contributed by atoms with van der Waals surface area (Å²) in [5, 5.41) is 9.77. The van der Waals surface area contributed by atoms with Gasteiger partial charge in [0.05, 0.1) is 4.88 Å². The van der Waals surface area contributed by atoms with E-state index in [0.717, 1.165) is 44.0 Å². The SMILES string of the molecule is Cc1nnc(CCN2CCN(C(=O)c3cccs3)CC2)o1. The third kappa shape index (κ3) is 3.48. The number of rotatable bonds is 4. The largest absolute Gasteiger partial charge is 0.426 e. The molecule has 0 atom stereocenters. The summed E-state index contributed by atoms with van der Waals surface area (Å²) in [6, 6.07) is 3.80. The lowest BCUT2D eigenvalue weighted by atomic mass is 10.2. The van der Waals surface area contributed by atoms with Crippen molar-refractivity contribution in [3.05, 3.63) is 34.2 Å². The number of piperazine rings is 1. The summed E-state index contributed by atoms with van der Waals surface area (Å²) >= 11 is 1.50. The quantitative estimate of drug-likeness (QED) is 0.855. The molecule has 1 saturated heterocycles. The van der Waals surface area contributed by atoms with Gasteiger partial charge in [-0.15, -0.1) is 21.5 Å². The molecule has 0 unspecified atom stereocenters. The second-order valence-electron chi connectivity index (χ2n) is 5.08. The number of amides is 1. The fourth-order valence-corrected chi connectivity index (χ4v) is 3.11. The Morgan fingerprint density at radius 1 is 1.33 bits per heavy atom. The van der Waals surface area contributed by atoms with Crippen LogP contribution in [0.1, 0.15) is 21.5 Å². The molecule has 1 fully saturated rings. The Balaban J connectivity index is 1.45. The van der Waals surface area contributed by atoms with Crippen LogP contribution >= 0.6 is 11.3 Å². The molecule has 7 heteroatoms. The summed E-state index contributed by atoms with van der Waals surface area (Å²) in [4.78, 5) is 17.3. The lowest BCUT2D eigenvalue weighted by Gasteiger charge is -2.34. The van der Waals surface area contributed by atoms with Crippen molar-refractivity contribution in [3.63, 3.8) is 0 Å². The highest BCUT2D eigenvalue weighted by molar-refractivity contribution is 7.12. The van der Waals surface area contributed by atoms with Crippen molar-refractivity contribution in [2.75, 3.05) is 32.7 Å². The number of nitrogens with zero attached hydrogens (tertiary/aromatic N) is 4. The van der Waals surface area contributed by atoms with Gasteiger partial charge in [0.15, 0.2) is 0 Å². The molecule has 0 saturated carbocycles. The van der Waals surface area contributed by atoms with Crippen LogP contribution in [-0.4, -0.2) is 58.6 Å². The van der Waals surface area contributed by atoms with E-state index < -0.39 is 0 Å². The predicted octanol–water partition coefficient (Wildman–Crippen LogP) is 1.44. The van der Waals surface area contributed by atoms with E-state index in [-0.39, 0.29) is 5.91 Å². The minimum atomic E-state index is 0.150. The summed E-state index contributed by atoms with van der Waals surface area (Å²) in [5.74, 6) is 1.44. The van der Waals surface area contributed by atoms with Gasteiger partial charge in [0, 0.05) is 46.1 Å². The molecule has 0 aromatic carbocycles. The van der Waals surface area contributed by atoms with Crippen LogP contribution in [0.3, 0.4) is 0 Å². The molecule has 0 radical (unpaired) electrons. The Bertz CT molecular complexity index is 588. The van der Waals surface area contributed by atoms with Gasteiger partial charge in [-0.2, -0.15) is 0 Å². The Labute approximate surface area is 127 Å². The predicted molar refractivity (Wildman–Crippen MR) is 79.4 cm³/mol. The number of hydrogen-bond acceptors (Lipinski definition) is 6. The molecule has 0 aliphatic carbocycles. The number of carbonyl (C=O) groups is 1. The third-order valence-corrected chi connectivity index (χ3v) is 4.46. The zero-order valence-electron chi connectivity index (χ0n) is 12.0. The molecule has 0 N–H and O–H groups in total. The molecule has 2 aromatic heterocycles. The van der Waals surface area contributed by atoms with Crippen molar-refractivity contribution < 1.29 is 9.21 Å². The average molecular weight is 306 g/mol. The molecule has 0 spiro atoms. The number of hydrogen-bond donors (Lipinski definition) is 0. The maximum Gasteiger partial charge on any atom is 0.264 e. The Kier molecular flexibility index (Phi) is 4.31. The second kappa shape index (κ2) is 6.36. The van der Waals surface area contributed by atoms with E-state index in [1.807, 2.05) is 22.4 Å². The molecule has 0 bridgehead atoms. The maximum atomic E-state index is 12.2. The Hall–Kier alpha value is -1.73. The minimum Gasteiger partial charge on any atom is -0.426 e. The van der Waals surface area contributed by atoms with E-state index >= 15 is 0 Å². The van der Waals surface area contributed by atoms with Crippen molar-refractivity contribution in [1.82, 2.24) is 20.0 Å². The maximum absolute atomic E-state index is 12.2. The highest BCUT2D eigenvalue weighted by Gasteiger charge is 2.22. The molecule has 1 aliphatic heterocycles. The van der Waals surface area contributed by atoms with Crippen molar-refractivity contribution >= 4 is 17.2 Å². The van der Waals surface area contributed by atoms with Crippen LogP contribution in [0.2, 0.25) is 0 Å². The van der Waals surface area contributed by atoms with Crippen molar-refractivity contribution in [1.29, 1.82) is 0 Å². The van der Waals surface area contributed by atoms with Crippen LogP contribution in [0.15, 0.2) is 21.9 Å². The molecule has 6 nitrogen and oxygen atoms in total. The van der Waals surface area contributed by atoms with Crippen LogP contribution in [-0.2, 0) is 6.42 Å². The van der Waals surface area contributed by atoms with Crippen molar-refractivity contribution in [2.45, 2.75) is 13.3 Å². The average Bonchev–Trinajstić information content (AvgIpc) is 3.16. The molecule has 112 valence electrons. The van der Waals surface area contributed by atoms with Gasteiger partial charge in [-0.3, -0.25) is 9.69 Å². The fraction of sp³-hybridized carbons (Fsp3) is 0.500. The van der Waals surface area contributed by atoms with Gasteiger partial charge >= 0.3 is 0 Å². The van der Waals surface area contributed by atoms with Gasteiger partial charge in [0.1, 0.15) is 0 Å². The summed E-state index contributed by atoms with van der Waals surface area (Å²) in [5.41, 5.74) is 0. The van der Waals surface area contributed by atoms with E-state index in [2.05, 4.69) is 15.1 Å². The summed E-state index contributed by atoms with van der Waals surface area (Å²) in [6.07, 6.45) is 0.764. The third-order valence-electron chi connectivity index (χ3n) is 3.60. The van der Waals surface area contributed by atoms with Crippen LogP contribution in [0, 0.1) is 6.92 Å². The van der Waals surface area contributed by atoms with Gasteiger partial charge in [-0.1, -0.05) is 6.07 Å². The molecular weight excluding hydrogens is 288 g/mol. The zero-order valence-corrected chi connectivity index (χ0v) is 12.8. The monoisotopic (exact) mass is 306 g/mol. The zero-order chi connectivity index (χ0) is 14.7. The van der Waals surface area contributed by atoms with Crippen LogP contribution in [0.4, 0.5) is 0 Å². The number of aromatic nitrogens is 2. The van der Waals surface area contributed by atoms with Gasteiger partial charge < -0.3 is 9.32 Å². The van der Waals surface area contributed by atoms with Crippen molar-refractivity contribution in [3.8, 4) is 0 Å². The van der Waals surface area contributed by atoms with E-state index in [1.165, 1.54) is 11.3 Å². The van der Waals surface area contributed by atoms with Gasteiger partial charge in [0.25, 0.3) is 5.91 Å².